The molecule has 52 heavy (non-hydrogen) atoms. The molecule has 1 saturated carbocycles. The standard InChI is InChI=1S/C37H44ClFN6O7/c38-20-32(46)42-28(15-16-33(47)48)37(52)45-17-4-3-10-31(45)36(51)44-30(19-23-21-40-27-9-2-1-8-26(23)27)35(50)43-29(34(49)41-25-6-5-7-25)18-22-11-13-24(39)14-12-22/h1-2,8-9,11-14,21,25,28-31,40H,3-7,10,15-20H2,(H,41,49)(H,42,46)(H,43,50)(H,44,51)(H,47,48)/t28-,29-,30-,31-/m0/s1. The number of halogens is 2. The van der Waals surface area contributed by atoms with Gasteiger partial charge in [0.25, 0.3) is 0 Å². The summed E-state index contributed by atoms with van der Waals surface area (Å²) >= 11 is 5.65. The number of hydrogen-bond acceptors (Lipinski definition) is 6. The van der Waals surface area contributed by atoms with Gasteiger partial charge in [-0.1, -0.05) is 30.3 Å². The van der Waals surface area contributed by atoms with Crippen LogP contribution in [0.25, 0.3) is 10.9 Å². The van der Waals surface area contributed by atoms with Crippen molar-refractivity contribution in [1.29, 1.82) is 0 Å². The molecule has 0 spiro atoms. The lowest BCUT2D eigenvalue weighted by Gasteiger charge is -2.37. The number of aliphatic carboxylic acids is 1. The molecule has 6 N–H and O–H groups in total. The predicted octanol–water partition coefficient (Wildman–Crippen LogP) is 2.70. The van der Waals surface area contributed by atoms with Gasteiger partial charge < -0.3 is 36.3 Å². The lowest BCUT2D eigenvalue weighted by Crippen LogP contribution is -2.61. The monoisotopic (exact) mass is 738 g/mol. The molecular weight excluding hydrogens is 695 g/mol. The number of piperidine rings is 1. The van der Waals surface area contributed by atoms with Crippen molar-refractivity contribution in [3.05, 3.63) is 71.7 Å². The van der Waals surface area contributed by atoms with E-state index in [-0.39, 0.29) is 38.3 Å². The number of carboxylic acids is 1. The Labute approximate surface area is 305 Å². The van der Waals surface area contributed by atoms with Crippen LogP contribution in [0.5, 0.6) is 0 Å². The second-order valence-corrected chi connectivity index (χ2v) is 13.6. The molecule has 5 amide bonds. The molecule has 0 unspecified atom stereocenters. The van der Waals surface area contributed by atoms with Gasteiger partial charge in [0.05, 0.1) is 0 Å². The number of aromatic nitrogens is 1. The number of carbonyl (C=O) groups excluding carboxylic acids is 5. The van der Waals surface area contributed by atoms with Crippen LogP contribution >= 0.6 is 11.6 Å². The van der Waals surface area contributed by atoms with Gasteiger partial charge in [-0.25, -0.2) is 4.39 Å². The fourth-order valence-corrected chi connectivity index (χ4v) is 6.69. The van der Waals surface area contributed by atoms with Gasteiger partial charge in [-0.3, -0.25) is 28.8 Å². The summed E-state index contributed by atoms with van der Waals surface area (Å²) in [5.74, 6) is -4.94. The van der Waals surface area contributed by atoms with E-state index < -0.39 is 77.8 Å². The highest BCUT2D eigenvalue weighted by Crippen LogP contribution is 2.23. The second kappa shape index (κ2) is 18.0. The van der Waals surface area contributed by atoms with E-state index in [0.717, 1.165) is 35.7 Å². The second-order valence-electron chi connectivity index (χ2n) is 13.4. The van der Waals surface area contributed by atoms with E-state index in [1.54, 1.807) is 18.3 Å². The number of nitrogens with one attached hydrogen (secondary N) is 5. The van der Waals surface area contributed by atoms with Gasteiger partial charge >= 0.3 is 5.97 Å². The van der Waals surface area contributed by atoms with Crippen LogP contribution in [-0.2, 0) is 41.6 Å². The van der Waals surface area contributed by atoms with Crippen molar-refractivity contribution in [1.82, 2.24) is 31.2 Å². The fourth-order valence-electron chi connectivity index (χ4n) is 6.62. The van der Waals surface area contributed by atoms with E-state index in [9.17, 15) is 38.3 Å². The number of carbonyl (C=O) groups is 6. The summed E-state index contributed by atoms with van der Waals surface area (Å²) in [4.78, 5) is 83.6. The SMILES string of the molecule is O=C(O)CC[C@H](NC(=O)CCl)C(=O)N1CCCC[C@H]1C(=O)N[C@@H](Cc1c[nH]c2ccccc12)C(=O)N[C@@H](Cc1ccc(F)cc1)C(=O)NC1CCC1. The third-order valence-electron chi connectivity index (χ3n) is 9.66. The average Bonchev–Trinajstić information content (AvgIpc) is 3.53. The van der Waals surface area contributed by atoms with Gasteiger partial charge in [0.2, 0.25) is 29.5 Å². The van der Waals surface area contributed by atoms with Gasteiger partial charge in [0.15, 0.2) is 0 Å². The molecule has 1 aromatic heterocycles. The zero-order chi connectivity index (χ0) is 37.2. The molecule has 2 aromatic carbocycles. The quantitative estimate of drug-likeness (QED) is 0.122. The summed E-state index contributed by atoms with van der Waals surface area (Å²) in [6.07, 6.45) is 5.36. The van der Waals surface area contributed by atoms with E-state index in [1.807, 2.05) is 24.3 Å². The average molecular weight is 739 g/mol. The zero-order valence-corrected chi connectivity index (χ0v) is 29.4. The maximum Gasteiger partial charge on any atom is 0.303 e. The lowest BCUT2D eigenvalue weighted by atomic mass is 9.92. The number of alkyl halides is 1. The third kappa shape index (κ3) is 10.1. The topological polar surface area (TPSA) is 190 Å². The Kier molecular flexibility index (Phi) is 13.2. The van der Waals surface area contributed by atoms with E-state index in [2.05, 4.69) is 26.3 Å². The molecule has 3 aromatic rings. The molecule has 1 aliphatic carbocycles. The Balaban J connectivity index is 1.40. The number of carboxylic acid groups (broad SMARTS) is 1. The van der Waals surface area contributed by atoms with Crippen molar-refractivity contribution in [2.45, 2.75) is 94.4 Å². The molecule has 4 atom stereocenters. The Morgan fingerprint density at radius 1 is 0.865 bits per heavy atom. The third-order valence-corrected chi connectivity index (χ3v) is 9.90. The molecular formula is C37H44ClFN6O7. The van der Waals surface area contributed by atoms with Crippen LogP contribution < -0.4 is 21.3 Å². The number of H-pyrrole nitrogens is 1. The van der Waals surface area contributed by atoms with E-state index >= 15 is 0 Å². The summed E-state index contributed by atoms with van der Waals surface area (Å²) in [5, 5.41) is 21.2. The molecule has 5 rings (SSSR count). The maximum atomic E-state index is 14.2. The molecule has 278 valence electrons. The Morgan fingerprint density at radius 2 is 1.60 bits per heavy atom. The minimum Gasteiger partial charge on any atom is -0.481 e. The van der Waals surface area contributed by atoms with Gasteiger partial charge in [0.1, 0.15) is 35.9 Å². The van der Waals surface area contributed by atoms with Gasteiger partial charge in [-0.2, -0.15) is 0 Å². The van der Waals surface area contributed by atoms with E-state index in [1.165, 1.54) is 17.0 Å². The van der Waals surface area contributed by atoms with Crippen LogP contribution in [0.2, 0.25) is 0 Å². The number of nitrogens with zero attached hydrogens (tertiary/aromatic N) is 1. The first-order valence-electron chi connectivity index (χ1n) is 17.6. The number of aromatic amines is 1. The number of rotatable bonds is 16. The van der Waals surface area contributed by atoms with Crippen molar-refractivity contribution in [2.24, 2.45) is 0 Å². The van der Waals surface area contributed by atoms with E-state index in [4.69, 9.17) is 11.6 Å². The Morgan fingerprint density at radius 3 is 2.29 bits per heavy atom. The van der Waals surface area contributed by atoms with Crippen molar-refractivity contribution in [2.75, 3.05) is 12.4 Å². The van der Waals surface area contributed by atoms with Gasteiger partial charge in [-0.15, -0.1) is 11.6 Å². The number of para-hydroxylation sites is 1. The molecule has 2 fully saturated rings. The molecule has 2 heterocycles. The first-order chi connectivity index (χ1) is 25.0. The summed E-state index contributed by atoms with van der Waals surface area (Å²) in [6.45, 7) is 0.178. The number of hydrogen-bond donors (Lipinski definition) is 6. The van der Waals surface area contributed by atoms with Crippen molar-refractivity contribution in [3.8, 4) is 0 Å². The number of amides is 5. The van der Waals surface area contributed by atoms with Crippen LogP contribution in [0.3, 0.4) is 0 Å². The highest BCUT2D eigenvalue weighted by atomic mass is 35.5. The number of fused-ring (bicyclic) bond motifs is 1. The zero-order valence-electron chi connectivity index (χ0n) is 28.7. The maximum absolute atomic E-state index is 14.2. The lowest BCUT2D eigenvalue weighted by molar-refractivity contribution is -0.146. The smallest absolute Gasteiger partial charge is 0.303 e. The highest BCUT2D eigenvalue weighted by molar-refractivity contribution is 6.27. The predicted molar refractivity (Wildman–Crippen MR) is 191 cm³/mol. The van der Waals surface area contributed by atoms with Gasteiger partial charge in [0, 0.05) is 48.9 Å². The Bertz CT molecular complexity index is 1760. The summed E-state index contributed by atoms with van der Waals surface area (Å²) in [6, 6.07) is 8.67. The molecule has 1 aliphatic heterocycles. The van der Waals surface area contributed by atoms with Crippen LogP contribution in [0.4, 0.5) is 4.39 Å². The van der Waals surface area contributed by atoms with Crippen molar-refractivity contribution >= 4 is 58.0 Å². The first kappa shape index (κ1) is 38.3. The van der Waals surface area contributed by atoms with Crippen LogP contribution in [-0.4, -0.2) is 93.1 Å². The molecule has 2 aliphatic rings. The first-order valence-corrected chi connectivity index (χ1v) is 18.1. The number of benzene rings is 2. The van der Waals surface area contributed by atoms with Crippen LogP contribution in [0, 0.1) is 5.82 Å². The van der Waals surface area contributed by atoms with E-state index in [0.29, 0.717) is 18.4 Å². The van der Waals surface area contributed by atoms with Crippen molar-refractivity contribution < 1.29 is 38.3 Å². The highest BCUT2D eigenvalue weighted by Gasteiger charge is 2.38. The fraction of sp³-hybridized carbons (Fsp3) is 0.459. The largest absolute Gasteiger partial charge is 0.481 e. The molecule has 0 bridgehead atoms. The minimum absolute atomic E-state index is 0.00907. The molecule has 1 saturated heterocycles. The molecule has 15 heteroatoms. The molecule has 13 nitrogen and oxygen atoms in total. The molecule has 0 radical (unpaired) electrons. The van der Waals surface area contributed by atoms with Crippen LogP contribution in [0.15, 0.2) is 54.7 Å². The summed E-state index contributed by atoms with van der Waals surface area (Å²) in [5.41, 5.74) is 2.19. The normalized spacial score (nSPS) is 17.7. The summed E-state index contributed by atoms with van der Waals surface area (Å²) < 4.78 is 13.7. The summed E-state index contributed by atoms with van der Waals surface area (Å²) in [7, 11) is 0. The van der Waals surface area contributed by atoms with Crippen LogP contribution in [0.1, 0.15) is 62.5 Å². The number of likely N-dealkylation sites (tertiary alicyclic amines) is 1. The minimum atomic E-state index is -1.22. The van der Waals surface area contributed by atoms with Crippen molar-refractivity contribution in [3.63, 3.8) is 0 Å². The van der Waals surface area contributed by atoms with Gasteiger partial charge in [-0.05, 0) is 74.3 Å². The Hall–Kier alpha value is -4.98.